The highest BCUT2D eigenvalue weighted by Crippen LogP contribution is 2.21. The number of rotatable bonds is 7. The molecule has 1 aromatic carbocycles. The Bertz CT molecular complexity index is 487. The van der Waals surface area contributed by atoms with E-state index >= 15 is 0 Å². The lowest BCUT2D eigenvalue weighted by Gasteiger charge is -2.34. The summed E-state index contributed by atoms with van der Waals surface area (Å²) in [7, 11) is 4.06. The molecule has 0 radical (unpaired) electrons. The Morgan fingerprint density at radius 2 is 1.86 bits per heavy atom. The molecule has 1 rings (SSSR count). The number of benzene rings is 1. The van der Waals surface area contributed by atoms with Crippen LogP contribution >= 0.6 is 0 Å². The fourth-order valence-electron chi connectivity index (χ4n) is 2.45. The first-order valence-corrected chi connectivity index (χ1v) is 7.63. The van der Waals surface area contributed by atoms with E-state index in [0.29, 0.717) is 6.54 Å². The molecule has 3 N–H and O–H groups in total. The van der Waals surface area contributed by atoms with Crippen molar-refractivity contribution in [1.29, 1.82) is 0 Å². The van der Waals surface area contributed by atoms with Crippen LogP contribution in [0.4, 0.5) is 4.79 Å². The Labute approximate surface area is 133 Å². The topological polar surface area (TPSA) is 64.6 Å². The van der Waals surface area contributed by atoms with Crippen LogP contribution < -0.4 is 10.6 Å². The molecular formula is C17H29N3O2. The van der Waals surface area contributed by atoms with Crippen LogP contribution in [0.5, 0.6) is 0 Å². The number of nitrogens with one attached hydrogen (secondary N) is 2. The highest BCUT2D eigenvalue weighted by molar-refractivity contribution is 5.74. The monoisotopic (exact) mass is 307 g/mol. The molecule has 5 heteroatoms. The largest absolute Gasteiger partial charge is 0.392 e. The summed E-state index contributed by atoms with van der Waals surface area (Å²) in [5.74, 6) is 0. The maximum absolute atomic E-state index is 12.1. The quantitative estimate of drug-likeness (QED) is 0.721. The fraction of sp³-hybridized carbons (Fsp3) is 0.588. The first-order chi connectivity index (χ1) is 10.3. The van der Waals surface area contributed by atoms with Gasteiger partial charge in [-0.1, -0.05) is 38.1 Å². The molecule has 0 fully saturated rings. The number of hydrogen-bond acceptors (Lipinski definition) is 3. The smallest absolute Gasteiger partial charge is 0.315 e. The van der Waals surface area contributed by atoms with Crippen molar-refractivity contribution < 1.29 is 9.90 Å². The van der Waals surface area contributed by atoms with Gasteiger partial charge in [-0.15, -0.1) is 0 Å². The number of hydrogen-bond donors (Lipinski definition) is 3. The summed E-state index contributed by atoms with van der Waals surface area (Å²) in [6.07, 6.45) is 0. The van der Waals surface area contributed by atoms with Crippen molar-refractivity contribution in [2.75, 3.05) is 20.6 Å². The van der Waals surface area contributed by atoms with Crippen LogP contribution in [-0.4, -0.2) is 42.7 Å². The molecule has 1 aromatic rings. The summed E-state index contributed by atoms with van der Waals surface area (Å²) in [5, 5.41) is 15.1. The third-order valence-electron chi connectivity index (χ3n) is 3.97. The van der Waals surface area contributed by atoms with Crippen molar-refractivity contribution in [1.82, 2.24) is 15.5 Å². The Hall–Kier alpha value is -1.59. The number of carbonyl (C=O) groups excluding carboxylic acids is 1. The van der Waals surface area contributed by atoms with Crippen molar-refractivity contribution in [2.24, 2.45) is 5.41 Å². The van der Waals surface area contributed by atoms with Gasteiger partial charge >= 0.3 is 6.03 Å². The molecule has 0 bridgehead atoms. The molecule has 0 saturated heterocycles. The highest BCUT2D eigenvalue weighted by atomic mass is 16.3. The number of aliphatic hydroxyl groups is 1. The Morgan fingerprint density at radius 3 is 2.41 bits per heavy atom. The van der Waals surface area contributed by atoms with E-state index in [0.717, 1.165) is 17.7 Å². The molecule has 0 aliphatic carbocycles. The van der Waals surface area contributed by atoms with Gasteiger partial charge in [0.25, 0.3) is 0 Å². The zero-order valence-electron chi connectivity index (χ0n) is 14.3. The Morgan fingerprint density at radius 1 is 1.27 bits per heavy atom. The van der Waals surface area contributed by atoms with Gasteiger partial charge in [0.2, 0.25) is 0 Å². The van der Waals surface area contributed by atoms with Crippen LogP contribution in [0.15, 0.2) is 24.3 Å². The second kappa shape index (κ2) is 8.15. The highest BCUT2D eigenvalue weighted by Gasteiger charge is 2.27. The van der Waals surface area contributed by atoms with Gasteiger partial charge in [-0.2, -0.15) is 0 Å². The molecule has 1 unspecified atom stereocenters. The molecule has 2 amide bonds. The van der Waals surface area contributed by atoms with Crippen molar-refractivity contribution in [2.45, 2.75) is 40.0 Å². The van der Waals surface area contributed by atoms with E-state index < -0.39 is 0 Å². The van der Waals surface area contributed by atoms with Gasteiger partial charge in [-0.3, -0.25) is 0 Å². The van der Waals surface area contributed by atoms with Crippen LogP contribution in [0, 0.1) is 5.41 Å². The van der Waals surface area contributed by atoms with E-state index in [9.17, 15) is 9.90 Å². The SMILES string of the molecule is CC(NC(=O)NCc1ccccc1CO)C(C)(C)CN(C)C. The molecule has 1 atom stereocenters. The van der Waals surface area contributed by atoms with Gasteiger partial charge in [-0.05, 0) is 37.6 Å². The maximum Gasteiger partial charge on any atom is 0.315 e. The van der Waals surface area contributed by atoms with Crippen LogP contribution in [0.3, 0.4) is 0 Å². The van der Waals surface area contributed by atoms with E-state index in [2.05, 4.69) is 29.4 Å². The van der Waals surface area contributed by atoms with Gasteiger partial charge in [-0.25, -0.2) is 4.79 Å². The van der Waals surface area contributed by atoms with Crippen LogP contribution in [0.25, 0.3) is 0 Å². The number of carbonyl (C=O) groups is 1. The third kappa shape index (κ3) is 5.66. The van der Waals surface area contributed by atoms with E-state index in [1.807, 2.05) is 45.3 Å². The van der Waals surface area contributed by atoms with E-state index in [4.69, 9.17) is 0 Å². The molecule has 0 aliphatic heterocycles. The minimum absolute atomic E-state index is 0.0221. The second-order valence-electron chi connectivity index (χ2n) is 6.70. The number of urea groups is 1. The van der Waals surface area contributed by atoms with Crippen LogP contribution in [0.1, 0.15) is 31.9 Å². The van der Waals surface area contributed by atoms with Crippen molar-refractivity contribution in [3.05, 3.63) is 35.4 Å². The average Bonchev–Trinajstić information content (AvgIpc) is 2.44. The average molecular weight is 307 g/mol. The lowest BCUT2D eigenvalue weighted by atomic mass is 9.85. The van der Waals surface area contributed by atoms with Gasteiger partial charge in [0.05, 0.1) is 6.61 Å². The van der Waals surface area contributed by atoms with E-state index in [-0.39, 0.29) is 24.1 Å². The predicted octanol–water partition coefficient (Wildman–Crippen LogP) is 1.95. The molecule has 0 aromatic heterocycles. The molecule has 0 spiro atoms. The summed E-state index contributed by atoms with van der Waals surface area (Å²) in [5.41, 5.74) is 1.74. The molecule has 0 aliphatic rings. The van der Waals surface area contributed by atoms with Crippen molar-refractivity contribution in [3.8, 4) is 0 Å². The van der Waals surface area contributed by atoms with Crippen LogP contribution in [-0.2, 0) is 13.2 Å². The van der Waals surface area contributed by atoms with Crippen molar-refractivity contribution in [3.63, 3.8) is 0 Å². The first-order valence-electron chi connectivity index (χ1n) is 7.63. The summed E-state index contributed by atoms with van der Waals surface area (Å²) in [6.45, 7) is 7.57. The molecule has 5 nitrogen and oxygen atoms in total. The molecule has 0 heterocycles. The minimum Gasteiger partial charge on any atom is -0.392 e. The van der Waals surface area contributed by atoms with Gasteiger partial charge in [0, 0.05) is 19.1 Å². The van der Waals surface area contributed by atoms with Gasteiger partial charge < -0.3 is 20.6 Å². The zero-order chi connectivity index (χ0) is 16.8. The summed E-state index contributed by atoms with van der Waals surface area (Å²) in [4.78, 5) is 14.2. The zero-order valence-corrected chi connectivity index (χ0v) is 14.3. The van der Waals surface area contributed by atoms with Crippen molar-refractivity contribution >= 4 is 6.03 Å². The minimum atomic E-state index is -0.188. The number of amides is 2. The lowest BCUT2D eigenvalue weighted by molar-refractivity contribution is 0.179. The fourth-order valence-corrected chi connectivity index (χ4v) is 2.45. The molecule has 0 saturated carbocycles. The number of aliphatic hydroxyl groups excluding tert-OH is 1. The van der Waals surface area contributed by atoms with E-state index in [1.54, 1.807) is 0 Å². The molecule has 124 valence electrons. The number of nitrogens with zero attached hydrogens (tertiary/aromatic N) is 1. The lowest BCUT2D eigenvalue weighted by Crippen LogP contribution is -2.50. The first kappa shape index (κ1) is 18.5. The summed E-state index contributed by atoms with van der Waals surface area (Å²) < 4.78 is 0. The predicted molar refractivity (Wildman–Crippen MR) is 89.5 cm³/mol. The van der Waals surface area contributed by atoms with Gasteiger partial charge in [0.1, 0.15) is 0 Å². The second-order valence-corrected chi connectivity index (χ2v) is 6.70. The Balaban J connectivity index is 2.52. The standard InChI is InChI=1S/C17H29N3O2/c1-13(17(2,3)12-20(4)5)19-16(22)18-10-14-8-6-7-9-15(14)11-21/h6-9,13,21H,10-12H2,1-5H3,(H2,18,19,22). The summed E-state index contributed by atoms with van der Waals surface area (Å²) in [6, 6.07) is 7.40. The molecular weight excluding hydrogens is 278 g/mol. The molecule has 22 heavy (non-hydrogen) atoms. The summed E-state index contributed by atoms with van der Waals surface area (Å²) >= 11 is 0. The van der Waals surface area contributed by atoms with E-state index in [1.165, 1.54) is 0 Å². The normalized spacial score (nSPS) is 13.0. The third-order valence-corrected chi connectivity index (χ3v) is 3.97. The Kier molecular flexibility index (Phi) is 6.84. The van der Waals surface area contributed by atoms with Gasteiger partial charge in [0.15, 0.2) is 0 Å². The maximum atomic E-state index is 12.1. The van der Waals surface area contributed by atoms with Crippen LogP contribution in [0.2, 0.25) is 0 Å².